The van der Waals surface area contributed by atoms with Gasteiger partial charge in [-0.3, -0.25) is 4.79 Å². The van der Waals surface area contributed by atoms with E-state index in [9.17, 15) is 14.0 Å². The van der Waals surface area contributed by atoms with Crippen molar-refractivity contribution in [2.45, 2.75) is 18.9 Å². The predicted molar refractivity (Wildman–Crippen MR) is 96.2 cm³/mol. The summed E-state index contributed by atoms with van der Waals surface area (Å²) in [5.74, 6) is -1.20. The van der Waals surface area contributed by atoms with Gasteiger partial charge in [0.1, 0.15) is 18.2 Å². The smallest absolute Gasteiger partial charge is 0.338 e. The number of benzene rings is 2. The van der Waals surface area contributed by atoms with Crippen molar-refractivity contribution >= 4 is 17.6 Å². The molecule has 1 atom stereocenters. The van der Waals surface area contributed by atoms with Crippen molar-refractivity contribution < 1.29 is 28.2 Å². The number of halogens is 1. The van der Waals surface area contributed by atoms with E-state index in [0.717, 1.165) is 19.4 Å². The molecule has 0 aromatic heterocycles. The minimum absolute atomic E-state index is 0.0336. The molecule has 0 unspecified atom stereocenters. The van der Waals surface area contributed by atoms with Crippen molar-refractivity contribution in [1.82, 2.24) is 0 Å². The van der Waals surface area contributed by atoms with Crippen LogP contribution >= 0.6 is 0 Å². The van der Waals surface area contributed by atoms with E-state index in [4.69, 9.17) is 14.2 Å². The molecule has 1 N–H and O–H groups in total. The summed E-state index contributed by atoms with van der Waals surface area (Å²) in [5, 5.41) is 2.35. The van der Waals surface area contributed by atoms with Crippen molar-refractivity contribution in [3.05, 3.63) is 59.9 Å². The lowest BCUT2D eigenvalue weighted by atomic mass is 10.2. The SMILES string of the molecule is O=C(COC(=O)c1ccc(OC[C@H]2CCCO2)cc1)Nc1ccccc1F. The molecular formula is C20H20FNO5. The largest absolute Gasteiger partial charge is 0.491 e. The molecular weight excluding hydrogens is 353 g/mol. The van der Waals surface area contributed by atoms with Crippen molar-refractivity contribution in [2.24, 2.45) is 0 Å². The molecule has 1 heterocycles. The van der Waals surface area contributed by atoms with Gasteiger partial charge in [0.15, 0.2) is 6.61 Å². The molecule has 1 fully saturated rings. The third-order valence-electron chi connectivity index (χ3n) is 4.03. The molecule has 2 aromatic carbocycles. The summed E-state index contributed by atoms with van der Waals surface area (Å²) in [4.78, 5) is 23.8. The second-order valence-electron chi connectivity index (χ2n) is 6.07. The molecule has 142 valence electrons. The molecule has 1 amide bonds. The maximum absolute atomic E-state index is 13.5. The summed E-state index contributed by atoms with van der Waals surface area (Å²) in [6.45, 7) is 0.730. The highest BCUT2D eigenvalue weighted by atomic mass is 19.1. The Kier molecular flexibility index (Phi) is 6.38. The normalized spacial score (nSPS) is 16.0. The Balaban J connectivity index is 1.44. The number of ether oxygens (including phenoxy) is 3. The number of amides is 1. The Morgan fingerprint density at radius 3 is 2.63 bits per heavy atom. The average Bonchev–Trinajstić information content (AvgIpc) is 3.20. The Morgan fingerprint density at radius 2 is 1.93 bits per heavy atom. The summed E-state index contributed by atoms with van der Waals surface area (Å²) in [6, 6.07) is 12.2. The fraction of sp³-hybridized carbons (Fsp3) is 0.300. The highest BCUT2D eigenvalue weighted by Gasteiger charge is 2.16. The van der Waals surface area contributed by atoms with Gasteiger partial charge in [0, 0.05) is 6.61 Å². The third-order valence-corrected chi connectivity index (χ3v) is 4.03. The number of anilines is 1. The molecule has 7 heteroatoms. The number of hydrogen-bond acceptors (Lipinski definition) is 5. The van der Waals surface area contributed by atoms with E-state index in [2.05, 4.69) is 5.32 Å². The van der Waals surface area contributed by atoms with Gasteiger partial charge < -0.3 is 19.5 Å². The first-order valence-electron chi connectivity index (χ1n) is 8.68. The van der Waals surface area contributed by atoms with E-state index in [1.807, 2.05) is 0 Å². The fourth-order valence-electron chi connectivity index (χ4n) is 2.62. The molecule has 2 aromatic rings. The van der Waals surface area contributed by atoms with Gasteiger partial charge in [0.2, 0.25) is 0 Å². The van der Waals surface area contributed by atoms with Gasteiger partial charge in [-0.1, -0.05) is 12.1 Å². The van der Waals surface area contributed by atoms with Gasteiger partial charge in [-0.25, -0.2) is 9.18 Å². The number of rotatable bonds is 7. The molecule has 0 saturated carbocycles. The lowest BCUT2D eigenvalue weighted by Gasteiger charge is -2.11. The molecule has 1 saturated heterocycles. The van der Waals surface area contributed by atoms with E-state index in [-0.39, 0.29) is 17.4 Å². The van der Waals surface area contributed by atoms with E-state index in [1.165, 1.54) is 18.2 Å². The maximum Gasteiger partial charge on any atom is 0.338 e. The maximum atomic E-state index is 13.5. The molecule has 1 aliphatic rings. The van der Waals surface area contributed by atoms with E-state index >= 15 is 0 Å². The first kappa shape index (κ1) is 18.8. The van der Waals surface area contributed by atoms with Crippen LogP contribution in [0, 0.1) is 5.82 Å². The zero-order valence-electron chi connectivity index (χ0n) is 14.7. The number of esters is 1. The summed E-state index contributed by atoms with van der Waals surface area (Å²) >= 11 is 0. The van der Waals surface area contributed by atoms with Crippen LogP contribution < -0.4 is 10.1 Å². The van der Waals surface area contributed by atoms with Crippen LogP contribution in [0.15, 0.2) is 48.5 Å². The fourth-order valence-corrected chi connectivity index (χ4v) is 2.62. The van der Waals surface area contributed by atoms with Gasteiger partial charge in [-0.15, -0.1) is 0 Å². The molecule has 27 heavy (non-hydrogen) atoms. The summed E-state index contributed by atoms with van der Waals surface area (Å²) < 4.78 is 29.5. The monoisotopic (exact) mass is 373 g/mol. The van der Waals surface area contributed by atoms with E-state index in [0.29, 0.717) is 12.4 Å². The number of para-hydroxylation sites is 1. The summed E-state index contributed by atoms with van der Waals surface area (Å²) in [6.07, 6.45) is 2.14. The lowest BCUT2D eigenvalue weighted by molar-refractivity contribution is -0.119. The first-order valence-corrected chi connectivity index (χ1v) is 8.68. The predicted octanol–water partition coefficient (Wildman–Crippen LogP) is 3.18. The van der Waals surface area contributed by atoms with Gasteiger partial charge in [-0.2, -0.15) is 0 Å². The highest BCUT2D eigenvalue weighted by Crippen LogP contribution is 2.17. The minimum Gasteiger partial charge on any atom is -0.491 e. The second kappa shape index (κ2) is 9.14. The Morgan fingerprint density at radius 1 is 1.15 bits per heavy atom. The Labute approximate surface area is 156 Å². The minimum atomic E-state index is -0.649. The van der Waals surface area contributed by atoms with Gasteiger partial charge in [0.05, 0.1) is 17.4 Å². The zero-order valence-corrected chi connectivity index (χ0v) is 14.7. The number of carbonyl (C=O) groups excluding carboxylic acids is 2. The number of hydrogen-bond donors (Lipinski definition) is 1. The summed E-state index contributed by atoms with van der Waals surface area (Å²) in [5.41, 5.74) is 0.324. The van der Waals surface area contributed by atoms with E-state index < -0.39 is 24.3 Å². The molecule has 1 aliphatic heterocycles. The molecule has 0 bridgehead atoms. The van der Waals surface area contributed by atoms with Gasteiger partial charge in [0.25, 0.3) is 5.91 Å². The average molecular weight is 373 g/mol. The van der Waals surface area contributed by atoms with Crippen molar-refractivity contribution in [3.63, 3.8) is 0 Å². The lowest BCUT2D eigenvalue weighted by Crippen LogP contribution is -2.21. The van der Waals surface area contributed by atoms with Crippen LogP contribution in [-0.4, -0.2) is 37.8 Å². The number of carbonyl (C=O) groups is 2. The standard InChI is InChI=1S/C20H20FNO5/c21-17-5-1-2-6-18(17)22-19(23)13-27-20(24)14-7-9-15(10-8-14)26-12-16-4-3-11-25-16/h1-2,5-10,16H,3-4,11-13H2,(H,22,23)/t16-/m1/s1. The van der Waals surface area contributed by atoms with E-state index in [1.54, 1.807) is 30.3 Å². The van der Waals surface area contributed by atoms with Crippen LogP contribution in [0.5, 0.6) is 5.75 Å². The number of nitrogens with one attached hydrogen (secondary N) is 1. The Hall–Kier alpha value is -2.93. The molecule has 0 radical (unpaired) electrons. The zero-order chi connectivity index (χ0) is 19.1. The van der Waals surface area contributed by atoms with Crippen LogP contribution in [0.25, 0.3) is 0 Å². The van der Waals surface area contributed by atoms with Crippen LogP contribution in [0.4, 0.5) is 10.1 Å². The van der Waals surface area contributed by atoms with Crippen LogP contribution in [0.3, 0.4) is 0 Å². The van der Waals surface area contributed by atoms with Gasteiger partial charge >= 0.3 is 5.97 Å². The van der Waals surface area contributed by atoms with Crippen molar-refractivity contribution in [2.75, 3.05) is 25.1 Å². The van der Waals surface area contributed by atoms with Crippen molar-refractivity contribution in [3.8, 4) is 5.75 Å². The quantitative estimate of drug-likeness (QED) is 0.755. The second-order valence-corrected chi connectivity index (χ2v) is 6.07. The third kappa shape index (κ3) is 5.52. The van der Waals surface area contributed by atoms with Crippen molar-refractivity contribution in [1.29, 1.82) is 0 Å². The molecule has 3 rings (SSSR count). The van der Waals surface area contributed by atoms with Crippen LogP contribution in [0.2, 0.25) is 0 Å². The van der Waals surface area contributed by atoms with Crippen LogP contribution in [0.1, 0.15) is 23.2 Å². The molecule has 0 aliphatic carbocycles. The molecule has 0 spiro atoms. The van der Waals surface area contributed by atoms with Gasteiger partial charge in [-0.05, 0) is 49.2 Å². The summed E-state index contributed by atoms with van der Waals surface area (Å²) in [7, 11) is 0. The Bertz CT molecular complexity index is 787. The first-order chi connectivity index (χ1) is 13.1. The highest BCUT2D eigenvalue weighted by molar-refractivity contribution is 5.95. The topological polar surface area (TPSA) is 73.9 Å². The van der Waals surface area contributed by atoms with Crippen LogP contribution in [-0.2, 0) is 14.3 Å². The molecule has 6 nitrogen and oxygen atoms in total.